The normalized spacial score (nSPS) is 41.3. The molecule has 1 rings (SSSR count). The Kier molecular flexibility index (Phi) is 4.07. The lowest BCUT2D eigenvalue weighted by Gasteiger charge is -2.43. The number of carbonyl (C=O) groups is 1. The molecule has 2 unspecified atom stereocenters. The summed E-state index contributed by atoms with van der Waals surface area (Å²) in [5, 5.41) is 2.81. The van der Waals surface area contributed by atoms with Crippen molar-refractivity contribution in [1.29, 1.82) is 0 Å². The van der Waals surface area contributed by atoms with Gasteiger partial charge in [0.1, 0.15) is 0 Å². The Morgan fingerprint density at radius 3 is 2.47 bits per heavy atom. The molecule has 1 heterocycles. The van der Waals surface area contributed by atoms with Crippen LogP contribution in [-0.4, -0.2) is 43.4 Å². The molecule has 1 aliphatic heterocycles. The van der Waals surface area contributed by atoms with E-state index in [1.54, 1.807) is 7.11 Å². The van der Waals surface area contributed by atoms with Crippen LogP contribution in [0.3, 0.4) is 0 Å². The molecule has 3 N–H and O–H groups in total. The Balaban J connectivity index is 2.76. The molecule has 0 aromatic rings. The Morgan fingerprint density at radius 2 is 2.00 bits per heavy atom. The van der Waals surface area contributed by atoms with Crippen LogP contribution in [0.5, 0.6) is 0 Å². The molecular weight excluding hydrogens is 196 g/mol. The van der Waals surface area contributed by atoms with Crippen molar-refractivity contribution in [2.24, 2.45) is 5.73 Å². The minimum absolute atomic E-state index is 0.0602. The van der Waals surface area contributed by atoms with Crippen LogP contribution in [0.1, 0.15) is 20.8 Å². The van der Waals surface area contributed by atoms with Gasteiger partial charge in [0.25, 0.3) is 0 Å². The molecule has 0 radical (unpaired) electrons. The summed E-state index contributed by atoms with van der Waals surface area (Å²) in [5.41, 5.74) is 5.96. The first-order valence-electron chi connectivity index (χ1n) is 5.18. The van der Waals surface area contributed by atoms with Crippen LogP contribution in [0.25, 0.3) is 0 Å². The summed E-state index contributed by atoms with van der Waals surface area (Å²) in [4.78, 5) is 11.0. The molecule has 0 spiro atoms. The summed E-state index contributed by atoms with van der Waals surface area (Å²) < 4.78 is 11.0. The maximum Gasteiger partial charge on any atom is 0.217 e. The standard InChI is InChI=1S/C10H20N2O3/c1-5-8(11)10(14-4)9(6(2)15-5)12-7(3)13/h5-6,8-10H,11H2,1-4H3,(H,12,13)/t5?,6-,8+,9?,10+/m1/s1. The largest absolute Gasteiger partial charge is 0.377 e. The number of carbonyl (C=O) groups excluding carboxylic acids is 1. The SMILES string of the molecule is CO[C@@H]1C(NC(C)=O)[C@@H](C)OC(C)[C@@H]1N. The van der Waals surface area contributed by atoms with Gasteiger partial charge in [-0.2, -0.15) is 0 Å². The van der Waals surface area contributed by atoms with E-state index in [2.05, 4.69) is 5.32 Å². The summed E-state index contributed by atoms with van der Waals surface area (Å²) in [5.74, 6) is -0.0979. The van der Waals surface area contributed by atoms with E-state index in [1.165, 1.54) is 6.92 Å². The third kappa shape index (κ3) is 2.68. The van der Waals surface area contributed by atoms with Crippen molar-refractivity contribution < 1.29 is 14.3 Å². The van der Waals surface area contributed by atoms with E-state index in [1.807, 2.05) is 13.8 Å². The van der Waals surface area contributed by atoms with Gasteiger partial charge in [-0.15, -0.1) is 0 Å². The fourth-order valence-electron chi connectivity index (χ4n) is 2.03. The molecule has 5 atom stereocenters. The van der Waals surface area contributed by atoms with Gasteiger partial charge in [0, 0.05) is 14.0 Å². The van der Waals surface area contributed by atoms with Crippen LogP contribution in [0.2, 0.25) is 0 Å². The van der Waals surface area contributed by atoms with E-state index in [9.17, 15) is 4.79 Å². The topological polar surface area (TPSA) is 73.6 Å². The van der Waals surface area contributed by atoms with Crippen LogP contribution < -0.4 is 11.1 Å². The molecule has 5 heteroatoms. The molecule has 0 saturated carbocycles. The fourth-order valence-corrected chi connectivity index (χ4v) is 2.03. The summed E-state index contributed by atoms with van der Waals surface area (Å²) in [6, 6.07) is -0.401. The van der Waals surface area contributed by atoms with Gasteiger partial charge in [-0.3, -0.25) is 4.79 Å². The molecule has 1 fully saturated rings. The first-order chi connectivity index (χ1) is 6.97. The Morgan fingerprint density at radius 1 is 1.40 bits per heavy atom. The van der Waals surface area contributed by atoms with Crippen molar-refractivity contribution in [3.05, 3.63) is 0 Å². The molecule has 5 nitrogen and oxygen atoms in total. The highest BCUT2D eigenvalue weighted by atomic mass is 16.5. The Bertz CT molecular complexity index is 235. The smallest absolute Gasteiger partial charge is 0.217 e. The zero-order chi connectivity index (χ0) is 11.6. The number of amides is 1. The quantitative estimate of drug-likeness (QED) is 0.661. The molecule has 15 heavy (non-hydrogen) atoms. The van der Waals surface area contributed by atoms with Gasteiger partial charge in [0.2, 0.25) is 5.91 Å². The van der Waals surface area contributed by atoms with Crippen LogP contribution in [0, 0.1) is 0 Å². The molecule has 0 aliphatic carbocycles. The van der Waals surface area contributed by atoms with Crippen LogP contribution in [0.15, 0.2) is 0 Å². The van der Waals surface area contributed by atoms with Crippen LogP contribution >= 0.6 is 0 Å². The van der Waals surface area contributed by atoms with E-state index in [4.69, 9.17) is 15.2 Å². The zero-order valence-electron chi connectivity index (χ0n) is 9.69. The van der Waals surface area contributed by atoms with Crippen molar-refractivity contribution in [2.45, 2.75) is 51.2 Å². The Labute approximate surface area is 90.3 Å². The lowest BCUT2D eigenvalue weighted by Crippen LogP contribution is -2.65. The number of rotatable bonds is 2. The number of ether oxygens (including phenoxy) is 2. The maximum absolute atomic E-state index is 11.0. The van der Waals surface area contributed by atoms with Gasteiger partial charge < -0.3 is 20.5 Å². The number of hydrogen-bond acceptors (Lipinski definition) is 4. The number of nitrogens with two attached hydrogens (primary N) is 1. The minimum Gasteiger partial charge on any atom is -0.377 e. The van der Waals surface area contributed by atoms with Gasteiger partial charge in [0.15, 0.2) is 0 Å². The van der Waals surface area contributed by atoms with Crippen molar-refractivity contribution >= 4 is 5.91 Å². The van der Waals surface area contributed by atoms with E-state index < -0.39 is 0 Å². The monoisotopic (exact) mass is 216 g/mol. The van der Waals surface area contributed by atoms with Crippen molar-refractivity contribution in [3.8, 4) is 0 Å². The molecule has 1 saturated heterocycles. The lowest BCUT2D eigenvalue weighted by atomic mass is 9.92. The van der Waals surface area contributed by atoms with E-state index in [0.29, 0.717) is 0 Å². The molecule has 0 aromatic heterocycles. The van der Waals surface area contributed by atoms with Crippen LogP contribution in [0.4, 0.5) is 0 Å². The van der Waals surface area contributed by atoms with Crippen molar-refractivity contribution in [3.63, 3.8) is 0 Å². The highest BCUT2D eigenvalue weighted by Gasteiger charge is 2.41. The average Bonchev–Trinajstić information content (AvgIpc) is 2.14. The predicted octanol–water partition coefficient (Wildman–Crippen LogP) is -0.359. The zero-order valence-corrected chi connectivity index (χ0v) is 9.69. The first kappa shape index (κ1) is 12.4. The lowest BCUT2D eigenvalue weighted by molar-refractivity contribution is -0.140. The fraction of sp³-hybridized carbons (Fsp3) is 0.900. The third-order valence-corrected chi connectivity index (χ3v) is 2.85. The number of methoxy groups -OCH3 is 1. The number of nitrogens with one attached hydrogen (secondary N) is 1. The molecule has 88 valence electrons. The van der Waals surface area contributed by atoms with E-state index in [-0.39, 0.29) is 36.3 Å². The summed E-state index contributed by atoms with van der Waals surface area (Å²) in [6.07, 6.45) is -0.351. The van der Waals surface area contributed by atoms with Gasteiger partial charge in [-0.1, -0.05) is 0 Å². The third-order valence-electron chi connectivity index (χ3n) is 2.85. The first-order valence-corrected chi connectivity index (χ1v) is 5.18. The highest BCUT2D eigenvalue weighted by Crippen LogP contribution is 2.21. The molecular formula is C10H20N2O3. The number of hydrogen-bond donors (Lipinski definition) is 2. The molecule has 1 amide bonds. The maximum atomic E-state index is 11.0. The summed E-state index contributed by atoms with van der Waals surface area (Å²) in [6.45, 7) is 5.30. The summed E-state index contributed by atoms with van der Waals surface area (Å²) in [7, 11) is 1.60. The van der Waals surface area contributed by atoms with Gasteiger partial charge in [0.05, 0.1) is 30.4 Å². The van der Waals surface area contributed by atoms with Crippen molar-refractivity contribution in [1.82, 2.24) is 5.32 Å². The second-order valence-electron chi connectivity index (χ2n) is 4.05. The molecule has 0 aromatic carbocycles. The minimum atomic E-state index is -0.219. The average molecular weight is 216 g/mol. The predicted molar refractivity (Wildman–Crippen MR) is 56.4 cm³/mol. The van der Waals surface area contributed by atoms with E-state index >= 15 is 0 Å². The van der Waals surface area contributed by atoms with E-state index in [0.717, 1.165) is 0 Å². The second kappa shape index (κ2) is 4.92. The van der Waals surface area contributed by atoms with Gasteiger partial charge in [-0.25, -0.2) is 0 Å². The highest BCUT2D eigenvalue weighted by molar-refractivity contribution is 5.73. The molecule has 0 bridgehead atoms. The van der Waals surface area contributed by atoms with Crippen LogP contribution in [-0.2, 0) is 14.3 Å². The molecule has 1 aliphatic rings. The second-order valence-corrected chi connectivity index (χ2v) is 4.05. The van der Waals surface area contributed by atoms with Gasteiger partial charge in [-0.05, 0) is 13.8 Å². The Hall–Kier alpha value is -0.650. The summed E-state index contributed by atoms with van der Waals surface area (Å²) >= 11 is 0. The van der Waals surface area contributed by atoms with Crippen molar-refractivity contribution in [2.75, 3.05) is 7.11 Å². The van der Waals surface area contributed by atoms with Gasteiger partial charge >= 0.3 is 0 Å².